The Morgan fingerprint density at radius 3 is 1.82 bits per heavy atom. The summed E-state index contributed by atoms with van der Waals surface area (Å²) >= 11 is 0. The minimum atomic E-state index is 0.993. The van der Waals surface area contributed by atoms with Gasteiger partial charge in [0.25, 0.3) is 0 Å². The number of nitrogens with zero attached hydrogens (tertiary/aromatic N) is 2. The predicted octanol–water partition coefficient (Wildman–Crippen LogP) is 3.79. The molecule has 2 heteroatoms. The van der Waals surface area contributed by atoms with Crippen molar-refractivity contribution in [1.29, 1.82) is 0 Å². The van der Waals surface area contributed by atoms with Crippen LogP contribution < -0.4 is 0 Å². The zero-order valence-electron chi connectivity index (χ0n) is 13.0. The minimum absolute atomic E-state index is 0.993. The molecule has 0 aliphatic rings. The van der Waals surface area contributed by atoms with Crippen molar-refractivity contribution >= 4 is 0 Å². The molecule has 0 unspecified atom stereocenters. The van der Waals surface area contributed by atoms with E-state index >= 15 is 0 Å². The van der Waals surface area contributed by atoms with Crippen LogP contribution in [0.4, 0.5) is 0 Å². The summed E-state index contributed by atoms with van der Waals surface area (Å²) in [6, 6.07) is 0. The van der Waals surface area contributed by atoms with Crippen molar-refractivity contribution < 1.29 is 0 Å². The second-order valence-corrected chi connectivity index (χ2v) is 3.31. The molecule has 0 radical (unpaired) electrons. The Hall–Kier alpha value is -1.02. The second kappa shape index (κ2) is 17.4. The summed E-state index contributed by atoms with van der Waals surface area (Å²) in [7, 11) is 6.17. The van der Waals surface area contributed by atoms with Gasteiger partial charge < -0.3 is 9.80 Å². The van der Waals surface area contributed by atoms with E-state index in [-0.39, 0.29) is 0 Å². The van der Waals surface area contributed by atoms with Crippen LogP contribution in [-0.4, -0.2) is 44.0 Å². The van der Waals surface area contributed by atoms with Crippen molar-refractivity contribution in [3.05, 3.63) is 37.1 Å². The monoisotopic (exact) mass is 240 g/mol. The van der Waals surface area contributed by atoms with Gasteiger partial charge in [-0.25, -0.2) is 0 Å². The summed E-state index contributed by atoms with van der Waals surface area (Å²) < 4.78 is 0. The molecule has 0 aliphatic heterocycles. The van der Waals surface area contributed by atoms with E-state index in [9.17, 15) is 0 Å². The molecule has 0 amide bonds. The highest BCUT2D eigenvalue weighted by Crippen LogP contribution is 1.99. The lowest BCUT2D eigenvalue weighted by Gasteiger charge is -2.21. The van der Waals surface area contributed by atoms with Gasteiger partial charge in [-0.1, -0.05) is 53.0 Å². The van der Waals surface area contributed by atoms with Crippen molar-refractivity contribution in [2.24, 2.45) is 0 Å². The summed E-state index contributed by atoms with van der Waals surface area (Å²) in [5, 5.41) is 0. The number of rotatable bonds is 6. The molecule has 0 aromatic heterocycles. The lowest BCUT2D eigenvalue weighted by molar-refractivity contribution is 0.331. The second-order valence-electron chi connectivity index (χ2n) is 3.31. The summed E-state index contributed by atoms with van der Waals surface area (Å²) in [6.45, 7) is 17.6. The number of hydrogen-bond donors (Lipinski definition) is 0. The molecular weight excluding hydrogens is 208 g/mol. The maximum Gasteiger partial charge on any atom is 0.0302 e. The van der Waals surface area contributed by atoms with E-state index < -0.39 is 0 Å². The molecular formula is C15H32N2. The van der Waals surface area contributed by atoms with Gasteiger partial charge in [-0.3, -0.25) is 0 Å². The molecule has 0 heterocycles. The van der Waals surface area contributed by atoms with Gasteiger partial charge in [0.1, 0.15) is 0 Å². The fraction of sp³-hybridized carbons (Fsp3) is 0.600. The van der Waals surface area contributed by atoms with E-state index in [2.05, 4.69) is 37.1 Å². The van der Waals surface area contributed by atoms with Crippen LogP contribution >= 0.6 is 0 Å². The molecule has 102 valence electrons. The zero-order valence-corrected chi connectivity index (χ0v) is 13.0. The van der Waals surface area contributed by atoms with Gasteiger partial charge in [0.15, 0.2) is 0 Å². The van der Waals surface area contributed by atoms with Crippen LogP contribution in [0.25, 0.3) is 0 Å². The summed E-state index contributed by atoms with van der Waals surface area (Å²) in [5.74, 6) is 0. The first kappa shape index (κ1) is 21.3. The molecule has 0 spiro atoms. The van der Waals surface area contributed by atoms with Gasteiger partial charge in [0.05, 0.1) is 0 Å². The molecule has 0 aromatic rings. The van der Waals surface area contributed by atoms with E-state index in [0.717, 1.165) is 18.8 Å². The van der Waals surface area contributed by atoms with Crippen LogP contribution in [0, 0.1) is 0 Å². The molecule has 2 nitrogen and oxygen atoms in total. The minimum Gasteiger partial charge on any atom is -0.374 e. The van der Waals surface area contributed by atoms with E-state index in [4.69, 9.17) is 0 Å². The Balaban J connectivity index is -0.000000439. The van der Waals surface area contributed by atoms with E-state index in [1.807, 2.05) is 46.9 Å². The smallest absolute Gasteiger partial charge is 0.0302 e. The van der Waals surface area contributed by atoms with Crippen LogP contribution in [-0.2, 0) is 0 Å². The van der Waals surface area contributed by atoms with Gasteiger partial charge >= 0.3 is 0 Å². The van der Waals surface area contributed by atoms with Gasteiger partial charge in [0.2, 0.25) is 0 Å². The number of hydrogen-bond acceptors (Lipinski definition) is 2. The van der Waals surface area contributed by atoms with E-state index in [1.165, 1.54) is 0 Å². The Morgan fingerprint density at radius 2 is 1.47 bits per heavy atom. The number of likely N-dealkylation sites (N-methyl/N-ethyl adjacent to an activating group) is 2. The van der Waals surface area contributed by atoms with E-state index in [1.54, 1.807) is 6.08 Å². The summed E-state index contributed by atoms with van der Waals surface area (Å²) in [6.07, 6.45) is 5.61. The first-order valence-electron chi connectivity index (χ1n) is 6.41. The molecule has 0 saturated heterocycles. The quantitative estimate of drug-likeness (QED) is 0.652. The fourth-order valence-corrected chi connectivity index (χ4v) is 0.800. The van der Waals surface area contributed by atoms with Crippen LogP contribution in [0.15, 0.2) is 37.1 Å². The van der Waals surface area contributed by atoms with Crippen LogP contribution in [0.2, 0.25) is 0 Å². The molecule has 0 bridgehead atoms. The topological polar surface area (TPSA) is 6.48 Å². The highest BCUT2D eigenvalue weighted by molar-refractivity contribution is 5.16. The van der Waals surface area contributed by atoms with Crippen molar-refractivity contribution in [3.63, 3.8) is 0 Å². The summed E-state index contributed by atoms with van der Waals surface area (Å²) in [4.78, 5) is 4.28. The average Bonchev–Trinajstić information content (AvgIpc) is 2.37. The molecule has 0 rings (SSSR count). The molecule has 17 heavy (non-hydrogen) atoms. The Kier molecular flexibility index (Phi) is 21.8. The first-order valence-corrected chi connectivity index (χ1v) is 6.41. The maximum atomic E-state index is 3.94. The maximum absolute atomic E-state index is 3.94. The van der Waals surface area contributed by atoms with Crippen molar-refractivity contribution in [2.45, 2.75) is 27.7 Å². The lowest BCUT2D eigenvalue weighted by atomic mass is 10.3. The summed E-state index contributed by atoms with van der Waals surface area (Å²) in [5.41, 5.74) is 1.02. The van der Waals surface area contributed by atoms with Crippen molar-refractivity contribution in [1.82, 2.24) is 9.80 Å². The van der Waals surface area contributed by atoms with Crippen molar-refractivity contribution in [2.75, 3.05) is 34.2 Å². The highest BCUT2D eigenvalue weighted by atomic mass is 15.2. The van der Waals surface area contributed by atoms with Gasteiger partial charge in [-0.2, -0.15) is 0 Å². The van der Waals surface area contributed by atoms with Crippen LogP contribution in [0.1, 0.15) is 27.7 Å². The normalized spacial score (nSPS) is 8.94. The fourth-order valence-electron chi connectivity index (χ4n) is 0.800. The van der Waals surface area contributed by atoms with Gasteiger partial charge in [-0.15, -0.1) is 0 Å². The molecule has 0 atom stereocenters. The largest absolute Gasteiger partial charge is 0.374 e. The van der Waals surface area contributed by atoms with E-state index in [0.29, 0.717) is 0 Å². The lowest BCUT2D eigenvalue weighted by Crippen LogP contribution is -2.27. The van der Waals surface area contributed by atoms with Gasteiger partial charge in [-0.05, 0) is 20.2 Å². The van der Waals surface area contributed by atoms with Gasteiger partial charge in [0, 0.05) is 25.8 Å². The highest BCUT2D eigenvalue weighted by Gasteiger charge is 1.98. The number of allylic oxidation sites excluding steroid dienone is 3. The van der Waals surface area contributed by atoms with Crippen LogP contribution in [0.3, 0.4) is 0 Å². The van der Waals surface area contributed by atoms with Crippen molar-refractivity contribution in [3.8, 4) is 0 Å². The van der Waals surface area contributed by atoms with Crippen LogP contribution in [0.5, 0.6) is 0 Å². The molecule has 0 fully saturated rings. The zero-order chi connectivity index (χ0) is 14.3. The third-order valence-corrected chi connectivity index (χ3v) is 1.80. The molecule has 0 N–H and O–H groups in total. The Bertz CT molecular complexity index is 193. The SMILES string of the molecule is C=C/C=C\C(=C)N(C)CCN(C)C.CC.CC. The first-order chi connectivity index (χ1) is 8.07. The molecule has 0 aromatic carbocycles. The Morgan fingerprint density at radius 1 is 1.00 bits per heavy atom. The third-order valence-electron chi connectivity index (χ3n) is 1.80. The standard InChI is InChI=1S/C11H20N2.2C2H6/c1-6-7-8-11(2)13(5)10-9-12(3)4;2*1-2/h6-8H,1-2,9-10H2,3-5H3;2*1-2H3/b8-7-;;. The molecule has 0 saturated carbocycles. The molecule has 0 aliphatic carbocycles. The third kappa shape index (κ3) is 17.6. The average molecular weight is 240 g/mol. The Labute approximate surface area is 109 Å². The predicted molar refractivity (Wildman–Crippen MR) is 82.4 cm³/mol.